The maximum absolute atomic E-state index is 13.0. The standard InChI is InChI=1S/C22H17FN2O5S/c23-15-5-3-14(4-6-15)11-28-22(27)17-2-1-9-24-21(17)31-12-20(26)25-16-7-8-18-19(10-16)30-13-29-18/h1-10H,11-13H2,(H,25,26). The van der Waals surface area contributed by atoms with E-state index in [4.69, 9.17) is 14.2 Å². The molecule has 1 amide bonds. The van der Waals surface area contributed by atoms with Crippen molar-refractivity contribution < 1.29 is 28.2 Å². The number of amides is 1. The van der Waals surface area contributed by atoms with Crippen molar-refractivity contribution in [2.45, 2.75) is 11.6 Å². The van der Waals surface area contributed by atoms with E-state index in [0.717, 1.165) is 11.8 Å². The summed E-state index contributed by atoms with van der Waals surface area (Å²) in [7, 11) is 0. The van der Waals surface area contributed by atoms with Gasteiger partial charge in [-0.3, -0.25) is 4.79 Å². The Morgan fingerprint density at radius 1 is 1.10 bits per heavy atom. The van der Waals surface area contributed by atoms with E-state index in [9.17, 15) is 14.0 Å². The number of halogens is 1. The number of fused-ring (bicyclic) bond motifs is 1. The monoisotopic (exact) mass is 440 g/mol. The van der Waals surface area contributed by atoms with Crippen LogP contribution in [0, 0.1) is 5.82 Å². The third-order valence-corrected chi connectivity index (χ3v) is 5.28. The largest absolute Gasteiger partial charge is 0.457 e. The molecule has 1 N–H and O–H groups in total. The van der Waals surface area contributed by atoms with Gasteiger partial charge >= 0.3 is 5.97 Å². The summed E-state index contributed by atoms with van der Waals surface area (Å²) < 4.78 is 28.8. The molecule has 0 spiro atoms. The SMILES string of the molecule is O=C(CSc1ncccc1C(=O)OCc1ccc(F)cc1)Nc1ccc2c(c1)OCO2. The number of nitrogens with zero attached hydrogens (tertiary/aromatic N) is 1. The number of ether oxygens (including phenoxy) is 3. The minimum absolute atomic E-state index is 0.00269. The van der Waals surface area contributed by atoms with Gasteiger partial charge in [0.05, 0.1) is 11.3 Å². The highest BCUT2D eigenvalue weighted by Crippen LogP contribution is 2.34. The number of hydrogen-bond donors (Lipinski definition) is 1. The van der Waals surface area contributed by atoms with Gasteiger partial charge < -0.3 is 19.5 Å². The predicted molar refractivity (Wildman–Crippen MR) is 112 cm³/mol. The fourth-order valence-corrected chi connectivity index (χ4v) is 3.56. The van der Waals surface area contributed by atoms with Crippen molar-refractivity contribution >= 4 is 29.3 Å². The van der Waals surface area contributed by atoms with E-state index in [-0.39, 0.29) is 36.4 Å². The first-order valence-corrected chi connectivity index (χ1v) is 10.3. The summed E-state index contributed by atoms with van der Waals surface area (Å²) >= 11 is 1.12. The van der Waals surface area contributed by atoms with Crippen molar-refractivity contribution in [2.75, 3.05) is 17.9 Å². The molecule has 31 heavy (non-hydrogen) atoms. The molecule has 0 bridgehead atoms. The van der Waals surface area contributed by atoms with Gasteiger partial charge in [0.1, 0.15) is 17.5 Å². The van der Waals surface area contributed by atoms with Crippen LogP contribution in [0.5, 0.6) is 11.5 Å². The van der Waals surface area contributed by atoms with Crippen molar-refractivity contribution in [3.05, 3.63) is 77.7 Å². The van der Waals surface area contributed by atoms with Crippen LogP contribution in [0.3, 0.4) is 0 Å². The van der Waals surface area contributed by atoms with Gasteiger partial charge in [-0.05, 0) is 42.0 Å². The van der Waals surface area contributed by atoms with Crippen molar-refractivity contribution in [1.29, 1.82) is 0 Å². The van der Waals surface area contributed by atoms with E-state index in [2.05, 4.69) is 10.3 Å². The highest BCUT2D eigenvalue weighted by molar-refractivity contribution is 8.00. The molecular formula is C22H17FN2O5S. The Balaban J connectivity index is 1.34. The van der Waals surface area contributed by atoms with Crippen LogP contribution in [0.1, 0.15) is 15.9 Å². The number of anilines is 1. The molecule has 7 nitrogen and oxygen atoms in total. The molecule has 0 radical (unpaired) electrons. The van der Waals surface area contributed by atoms with Gasteiger partial charge in [0.25, 0.3) is 0 Å². The zero-order chi connectivity index (χ0) is 21.6. The minimum Gasteiger partial charge on any atom is -0.457 e. The highest BCUT2D eigenvalue weighted by Gasteiger charge is 2.17. The Kier molecular flexibility index (Phi) is 6.32. The third-order valence-electron chi connectivity index (χ3n) is 4.27. The normalized spacial score (nSPS) is 11.8. The summed E-state index contributed by atoms with van der Waals surface area (Å²) in [6.07, 6.45) is 1.54. The molecule has 0 unspecified atom stereocenters. The van der Waals surface area contributed by atoms with E-state index in [1.54, 1.807) is 42.5 Å². The number of pyridine rings is 1. The van der Waals surface area contributed by atoms with Gasteiger partial charge in [0.2, 0.25) is 12.7 Å². The minimum atomic E-state index is -0.573. The van der Waals surface area contributed by atoms with E-state index < -0.39 is 5.97 Å². The van der Waals surface area contributed by atoms with Crippen molar-refractivity contribution in [1.82, 2.24) is 4.98 Å². The van der Waals surface area contributed by atoms with Crippen molar-refractivity contribution in [3.8, 4) is 11.5 Å². The second-order valence-corrected chi connectivity index (χ2v) is 7.43. The van der Waals surface area contributed by atoms with Crippen LogP contribution in [0.15, 0.2) is 65.8 Å². The molecule has 2 aromatic carbocycles. The molecule has 0 saturated heterocycles. The smallest absolute Gasteiger partial charge is 0.341 e. The third kappa shape index (κ3) is 5.32. The molecule has 0 fully saturated rings. The Morgan fingerprint density at radius 3 is 2.74 bits per heavy atom. The first kappa shape index (κ1) is 20.7. The maximum atomic E-state index is 13.0. The molecule has 1 aromatic heterocycles. The zero-order valence-corrected chi connectivity index (χ0v) is 17.0. The van der Waals surface area contributed by atoms with Gasteiger partial charge in [-0.15, -0.1) is 0 Å². The Labute approximate surface area is 181 Å². The second-order valence-electron chi connectivity index (χ2n) is 6.46. The number of carbonyl (C=O) groups is 2. The summed E-state index contributed by atoms with van der Waals surface area (Å²) in [5.41, 5.74) is 1.50. The van der Waals surface area contributed by atoms with E-state index in [1.807, 2.05) is 0 Å². The number of hydrogen-bond acceptors (Lipinski definition) is 7. The first-order chi connectivity index (χ1) is 15.1. The van der Waals surface area contributed by atoms with E-state index >= 15 is 0 Å². The number of thioether (sulfide) groups is 1. The average Bonchev–Trinajstić information content (AvgIpc) is 3.25. The average molecular weight is 440 g/mol. The molecule has 2 heterocycles. The van der Waals surface area contributed by atoms with Crippen LogP contribution in [-0.4, -0.2) is 29.4 Å². The molecule has 1 aliphatic heterocycles. The number of esters is 1. The molecule has 1 aliphatic rings. The Hall–Kier alpha value is -3.59. The molecule has 0 atom stereocenters. The Bertz CT molecular complexity index is 1110. The zero-order valence-electron chi connectivity index (χ0n) is 16.2. The van der Waals surface area contributed by atoms with Gasteiger partial charge in [-0.2, -0.15) is 0 Å². The van der Waals surface area contributed by atoms with Crippen LogP contribution >= 0.6 is 11.8 Å². The summed E-state index contributed by atoms with van der Waals surface area (Å²) in [5, 5.41) is 3.15. The van der Waals surface area contributed by atoms with Crippen LogP contribution in [0.4, 0.5) is 10.1 Å². The number of rotatable bonds is 7. The lowest BCUT2D eigenvalue weighted by atomic mass is 10.2. The molecule has 4 rings (SSSR count). The molecule has 9 heteroatoms. The van der Waals surface area contributed by atoms with E-state index in [1.165, 1.54) is 18.3 Å². The molecular weight excluding hydrogens is 423 g/mol. The fourth-order valence-electron chi connectivity index (χ4n) is 2.77. The fraction of sp³-hybridized carbons (Fsp3) is 0.136. The lowest BCUT2D eigenvalue weighted by Crippen LogP contribution is -2.15. The summed E-state index contributed by atoms with van der Waals surface area (Å²) in [6.45, 7) is 0.158. The molecule has 0 saturated carbocycles. The van der Waals surface area contributed by atoms with E-state index in [0.29, 0.717) is 27.8 Å². The quantitative estimate of drug-likeness (QED) is 0.438. The van der Waals surface area contributed by atoms with Gasteiger partial charge in [-0.25, -0.2) is 14.2 Å². The first-order valence-electron chi connectivity index (χ1n) is 9.27. The highest BCUT2D eigenvalue weighted by atomic mass is 32.2. The van der Waals surface area contributed by atoms with Crippen molar-refractivity contribution in [2.24, 2.45) is 0 Å². The predicted octanol–water partition coefficient (Wildman–Crippen LogP) is 4.04. The van der Waals surface area contributed by atoms with Crippen molar-refractivity contribution in [3.63, 3.8) is 0 Å². The molecule has 0 aliphatic carbocycles. The second kappa shape index (κ2) is 9.48. The topological polar surface area (TPSA) is 86.8 Å². The van der Waals surface area contributed by atoms with Crippen LogP contribution < -0.4 is 14.8 Å². The summed E-state index contributed by atoms with van der Waals surface area (Å²) in [4.78, 5) is 29.0. The molecule has 158 valence electrons. The summed E-state index contributed by atoms with van der Waals surface area (Å²) in [6, 6.07) is 14.0. The number of aromatic nitrogens is 1. The lowest BCUT2D eigenvalue weighted by molar-refractivity contribution is -0.113. The lowest BCUT2D eigenvalue weighted by Gasteiger charge is -2.09. The van der Waals surface area contributed by atoms with Crippen LogP contribution in [0.2, 0.25) is 0 Å². The van der Waals surface area contributed by atoms with Gasteiger partial charge in [-0.1, -0.05) is 23.9 Å². The van der Waals surface area contributed by atoms with Gasteiger partial charge in [0.15, 0.2) is 11.5 Å². The van der Waals surface area contributed by atoms with Gasteiger partial charge in [0, 0.05) is 18.0 Å². The maximum Gasteiger partial charge on any atom is 0.341 e. The number of carbonyl (C=O) groups excluding carboxylic acids is 2. The molecule has 3 aromatic rings. The number of benzene rings is 2. The van der Waals surface area contributed by atoms with Crippen LogP contribution in [0.25, 0.3) is 0 Å². The number of nitrogens with one attached hydrogen (secondary N) is 1. The Morgan fingerprint density at radius 2 is 1.90 bits per heavy atom. The van der Waals surface area contributed by atoms with Crippen LogP contribution in [-0.2, 0) is 16.1 Å². The summed E-state index contributed by atoms with van der Waals surface area (Å²) in [5.74, 6) is 0.0475.